The van der Waals surface area contributed by atoms with Crippen LogP contribution in [0.2, 0.25) is 10.0 Å². The molecule has 0 saturated carbocycles. The van der Waals surface area contributed by atoms with Gasteiger partial charge in [0.1, 0.15) is 5.75 Å². The van der Waals surface area contributed by atoms with Gasteiger partial charge in [0.25, 0.3) is 5.91 Å². The van der Waals surface area contributed by atoms with E-state index in [2.05, 4.69) is 10.6 Å². The second kappa shape index (κ2) is 8.87. The van der Waals surface area contributed by atoms with Crippen LogP contribution in [0.1, 0.15) is 22.8 Å². The predicted octanol–water partition coefficient (Wildman–Crippen LogP) is 4.20. The molecule has 24 heavy (non-hydrogen) atoms. The SMILES string of the molecule is CCOc1ccc(C(=O)NC(=S)NCc2ccc(Cl)cc2Cl)cc1. The Morgan fingerprint density at radius 3 is 2.50 bits per heavy atom. The third-order valence-corrected chi connectivity index (χ3v) is 3.94. The van der Waals surface area contributed by atoms with E-state index in [1.807, 2.05) is 6.92 Å². The molecule has 0 atom stereocenters. The Bertz CT molecular complexity index is 736. The molecule has 126 valence electrons. The van der Waals surface area contributed by atoms with Gasteiger partial charge in [-0.2, -0.15) is 0 Å². The molecule has 7 heteroatoms. The van der Waals surface area contributed by atoms with Crippen molar-refractivity contribution in [3.63, 3.8) is 0 Å². The van der Waals surface area contributed by atoms with Crippen LogP contribution in [-0.2, 0) is 6.54 Å². The number of ether oxygens (including phenoxy) is 1. The van der Waals surface area contributed by atoms with Gasteiger partial charge >= 0.3 is 0 Å². The van der Waals surface area contributed by atoms with Gasteiger partial charge in [0, 0.05) is 22.2 Å². The molecule has 0 aliphatic carbocycles. The summed E-state index contributed by atoms with van der Waals surface area (Å²) in [6.45, 7) is 2.86. The highest BCUT2D eigenvalue weighted by Crippen LogP contribution is 2.20. The zero-order valence-electron chi connectivity index (χ0n) is 12.9. The number of halogens is 2. The molecule has 0 fully saturated rings. The van der Waals surface area contributed by atoms with Gasteiger partial charge in [-0.1, -0.05) is 29.3 Å². The van der Waals surface area contributed by atoms with E-state index in [0.29, 0.717) is 34.5 Å². The van der Waals surface area contributed by atoms with Gasteiger partial charge in [0.05, 0.1) is 6.61 Å². The van der Waals surface area contributed by atoms with Gasteiger partial charge in [-0.3, -0.25) is 10.1 Å². The second-order valence-corrected chi connectivity index (χ2v) is 6.08. The number of amides is 1. The van der Waals surface area contributed by atoms with Crippen LogP contribution in [0.5, 0.6) is 5.75 Å². The zero-order chi connectivity index (χ0) is 17.5. The van der Waals surface area contributed by atoms with Crippen molar-refractivity contribution in [2.24, 2.45) is 0 Å². The molecule has 0 radical (unpaired) electrons. The summed E-state index contributed by atoms with van der Waals surface area (Å²) < 4.78 is 5.34. The fourth-order valence-electron chi connectivity index (χ4n) is 1.93. The molecular weight excluding hydrogens is 367 g/mol. The molecule has 0 saturated heterocycles. The van der Waals surface area contributed by atoms with Crippen molar-refractivity contribution in [1.29, 1.82) is 0 Å². The molecule has 2 aromatic carbocycles. The van der Waals surface area contributed by atoms with Crippen molar-refractivity contribution >= 4 is 46.4 Å². The highest BCUT2D eigenvalue weighted by atomic mass is 35.5. The molecule has 0 heterocycles. The lowest BCUT2D eigenvalue weighted by Gasteiger charge is -2.11. The fraction of sp³-hybridized carbons (Fsp3) is 0.176. The minimum Gasteiger partial charge on any atom is -0.494 e. The maximum absolute atomic E-state index is 12.1. The van der Waals surface area contributed by atoms with Crippen LogP contribution in [-0.4, -0.2) is 17.6 Å². The molecule has 2 N–H and O–H groups in total. The lowest BCUT2D eigenvalue weighted by Crippen LogP contribution is -2.38. The van der Waals surface area contributed by atoms with Gasteiger partial charge < -0.3 is 10.1 Å². The number of hydrogen-bond donors (Lipinski definition) is 2. The Labute approximate surface area is 156 Å². The Hall–Kier alpha value is -1.82. The molecule has 2 aromatic rings. The molecule has 0 aliphatic rings. The summed E-state index contributed by atoms with van der Waals surface area (Å²) in [4.78, 5) is 12.1. The first-order chi connectivity index (χ1) is 11.5. The lowest BCUT2D eigenvalue weighted by molar-refractivity contribution is 0.0976. The molecule has 0 aromatic heterocycles. The van der Waals surface area contributed by atoms with E-state index in [9.17, 15) is 4.79 Å². The Morgan fingerprint density at radius 1 is 1.17 bits per heavy atom. The van der Waals surface area contributed by atoms with Crippen LogP contribution in [0, 0.1) is 0 Å². The third-order valence-electron chi connectivity index (χ3n) is 3.11. The summed E-state index contributed by atoms with van der Waals surface area (Å²) in [6, 6.07) is 12.0. The molecule has 4 nitrogen and oxygen atoms in total. The van der Waals surface area contributed by atoms with Gasteiger partial charge in [-0.25, -0.2) is 0 Å². The molecule has 0 bridgehead atoms. The maximum Gasteiger partial charge on any atom is 0.257 e. The van der Waals surface area contributed by atoms with E-state index in [1.54, 1.807) is 42.5 Å². The van der Waals surface area contributed by atoms with Crippen molar-refractivity contribution < 1.29 is 9.53 Å². The van der Waals surface area contributed by atoms with E-state index < -0.39 is 0 Å². The molecule has 0 unspecified atom stereocenters. The highest BCUT2D eigenvalue weighted by Gasteiger charge is 2.08. The number of benzene rings is 2. The summed E-state index contributed by atoms with van der Waals surface area (Å²) in [5.41, 5.74) is 1.32. The Balaban J connectivity index is 1.88. The fourth-order valence-corrected chi connectivity index (χ4v) is 2.57. The van der Waals surface area contributed by atoms with E-state index in [4.69, 9.17) is 40.2 Å². The van der Waals surface area contributed by atoms with Gasteiger partial charge in [-0.05, 0) is 61.1 Å². The van der Waals surface area contributed by atoms with Crippen LogP contribution in [0.3, 0.4) is 0 Å². The van der Waals surface area contributed by atoms with Crippen LogP contribution < -0.4 is 15.4 Å². The highest BCUT2D eigenvalue weighted by molar-refractivity contribution is 7.80. The number of rotatable bonds is 5. The van der Waals surface area contributed by atoms with Crippen molar-refractivity contribution in [3.8, 4) is 5.75 Å². The van der Waals surface area contributed by atoms with Crippen molar-refractivity contribution in [3.05, 3.63) is 63.6 Å². The third kappa shape index (κ3) is 5.37. The monoisotopic (exact) mass is 382 g/mol. The summed E-state index contributed by atoms with van der Waals surface area (Å²) in [5, 5.41) is 6.88. The average molecular weight is 383 g/mol. The summed E-state index contributed by atoms with van der Waals surface area (Å²) in [5.74, 6) is 0.421. The maximum atomic E-state index is 12.1. The number of hydrogen-bond acceptors (Lipinski definition) is 3. The minimum absolute atomic E-state index is 0.222. The van der Waals surface area contributed by atoms with Crippen molar-refractivity contribution in [2.45, 2.75) is 13.5 Å². The summed E-state index contributed by atoms with van der Waals surface area (Å²) >= 11 is 17.1. The van der Waals surface area contributed by atoms with Gasteiger partial charge in [0.15, 0.2) is 5.11 Å². The largest absolute Gasteiger partial charge is 0.494 e. The quantitative estimate of drug-likeness (QED) is 0.760. The van der Waals surface area contributed by atoms with E-state index in [-0.39, 0.29) is 11.0 Å². The first-order valence-electron chi connectivity index (χ1n) is 7.25. The lowest BCUT2D eigenvalue weighted by atomic mass is 10.2. The molecular formula is C17H16Cl2N2O2S. The number of carbonyl (C=O) groups excluding carboxylic acids is 1. The predicted molar refractivity (Wildman–Crippen MR) is 101 cm³/mol. The summed E-state index contributed by atoms with van der Waals surface area (Å²) in [7, 11) is 0. The van der Waals surface area contributed by atoms with Crippen LogP contribution in [0.15, 0.2) is 42.5 Å². The average Bonchev–Trinajstić information content (AvgIpc) is 2.55. The second-order valence-electron chi connectivity index (χ2n) is 4.83. The normalized spacial score (nSPS) is 10.1. The topological polar surface area (TPSA) is 50.4 Å². The number of thiocarbonyl (C=S) groups is 1. The number of carbonyl (C=O) groups is 1. The van der Waals surface area contributed by atoms with Gasteiger partial charge in [0.2, 0.25) is 0 Å². The van der Waals surface area contributed by atoms with Gasteiger partial charge in [-0.15, -0.1) is 0 Å². The van der Waals surface area contributed by atoms with Crippen LogP contribution in [0.4, 0.5) is 0 Å². The van der Waals surface area contributed by atoms with Crippen molar-refractivity contribution in [1.82, 2.24) is 10.6 Å². The molecule has 0 aliphatic heterocycles. The van der Waals surface area contributed by atoms with Crippen LogP contribution in [0.25, 0.3) is 0 Å². The van der Waals surface area contributed by atoms with E-state index >= 15 is 0 Å². The zero-order valence-corrected chi connectivity index (χ0v) is 15.3. The molecule has 2 rings (SSSR count). The number of nitrogens with one attached hydrogen (secondary N) is 2. The van der Waals surface area contributed by atoms with Crippen LogP contribution >= 0.6 is 35.4 Å². The Kier molecular flexibility index (Phi) is 6.85. The standard InChI is InChI=1S/C17H16Cl2N2O2S/c1-2-23-14-7-4-11(5-8-14)16(22)21-17(24)20-10-12-3-6-13(18)9-15(12)19/h3-9H,2,10H2,1H3,(H2,20,21,22,24). The minimum atomic E-state index is -0.294. The first-order valence-corrected chi connectivity index (χ1v) is 8.42. The van der Waals surface area contributed by atoms with E-state index in [0.717, 1.165) is 5.56 Å². The van der Waals surface area contributed by atoms with Crippen molar-refractivity contribution in [2.75, 3.05) is 6.61 Å². The summed E-state index contributed by atoms with van der Waals surface area (Å²) in [6.07, 6.45) is 0. The smallest absolute Gasteiger partial charge is 0.257 e. The first kappa shape index (κ1) is 18.5. The molecule has 1 amide bonds. The Morgan fingerprint density at radius 2 is 1.88 bits per heavy atom. The van der Waals surface area contributed by atoms with E-state index in [1.165, 1.54) is 0 Å². The molecule has 0 spiro atoms.